The van der Waals surface area contributed by atoms with Crippen molar-refractivity contribution < 1.29 is 4.21 Å². The Morgan fingerprint density at radius 1 is 1.43 bits per heavy atom. The van der Waals surface area contributed by atoms with E-state index >= 15 is 0 Å². The highest BCUT2D eigenvalue weighted by molar-refractivity contribution is 7.87. The third-order valence-electron chi connectivity index (χ3n) is 1.71. The number of hydrogen-bond donors (Lipinski definition) is 1. The lowest BCUT2D eigenvalue weighted by Gasteiger charge is -2.12. The minimum absolute atomic E-state index is 0.610. The molecule has 0 aliphatic heterocycles. The van der Waals surface area contributed by atoms with Gasteiger partial charge < -0.3 is 0 Å². The van der Waals surface area contributed by atoms with Gasteiger partial charge in [-0.3, -0.25) is 9.22 Å². The number of rotatable bonds is 4. The topological polar surface area (TPSA) is 46.3 Å². The molecule has 0 heterocycles. The lowest BCUT2D eigenvalue weighted by Crippen LogP contribution is -2.24. The zero-order valence-corrected chi connectivity index (χ0v) is 8.91. The maximum absolute atomic E-state index is 11.1. The number of hydrogen-bond acceptors (Lipinski definition) is 3. The van der Waals surface area contributed by atoms with Crippen LogP contribution < -0.4 is 10.9 Å². The highest BCUT2D eigenvalue weighted by atomic mass is 32.2. The van der Waals surface area contributed by atoms with E-state index in [4.69, 9.17) is 5.84 Å². The highest BCUT2D eigenvalue weighted by Crippen LogP contribution is 2.09. The summed E-state index contributed by atoms with van der Waals surface area (Å²) < 4.78 is 11.1. The van der Waals surface area contributed by atoms with E-state index in [9.17, 15) is 4.21 Å². The molecule has 0 aliphatic carbocycles. The average Bonchev–Trinajstić information content (AvgIpc) is 2.26. The summed E-state index contributed by atoms with van der Waals surface area (Å²) in [6.45, 7) is 1.86. The molecule has 1 rings (SSSR count). The van der Waals surface area contributed by atoms with Crippen molar-refractivity contribution in [2.24, 2.45) is 5.84 Å². The van der Waals surface area contributed by atoms with Gasteiger partial charge in [0.25, 0.3) is 0 Å². The van der Waals surface area contributed by atoms with Gasteiger partial charge in [-0.1, -0.05) is 25.1 Å². The maximum atomic E-state index is 11.1. The first kappa shape index (κ1) is 10.9. The molecule has 1 aromatic carbocycles. The number of nitrogens with two attached hydrogens (primary N) is 1. The summed E-state index contributed by atoms with van der Waals surface area (Å²) in [6, 6.07) is 9.50. The van der Waals surface area contributed by atoms with Gasteiger partial charge in [0, 0.05) is 28.2 Å². The van der Waals surface area contributed by atoms with Crippen molar-refractivity contribution in [2.45, 2.75) is 6.92 Å². The minimum atomic E-state index is -0.924. The fourth-order valence-electron chi connectivity index (χ4n) is 0.916. The molecule has 1 unspecified atom stereocenters. The second-order valence-corrected chi connectivity index (χ2v) is 4.31. The third kappa shape index (κ3) is 3.32. The summed E-state index contributed by atoms with van der Waals surface area (Å²) in [5.74, 6) is 6.32. The number of nitrogens with zero attached hydrogens (tertiary/aromatic N) is 1. The van der Waals surface area contributed by atoms with Crippen LogP contribution in [0.1, 0.15) is 6.92 Å². The fraction of sp³-hybridized carbons (Fsp3) is 0.200. The molecule has 0 bridgehead atoms. The predicted molar refractivity (Wildman–Crippen MR) is 60.9 cm³/mol. The second kappa shape index (κ2) is 5.57. The van der Waals surface area contributed by atoms with Gasteiger partial charge in [-0.2, -0.15) is 0 Å². The summed E-state index contributed by atoms with van der Waals surface area (Å²) in [5.41, 5.74) is 0.872. The van der Waals surface area contributed by atoms with Crippen LogP contribution in [-0.4, -0.2) is 9.96 Å². The van der Waals surface area contributed by atoms with E-state index in [0.717, 1.165) is 5.69 Å². The second-order valence-electron chi connectivity index (χ2n) is 2.70. The van der Waals surface area contributed by atoms with Gasteiger partial charge in [-0.25, -0.2) is 5.84 Å². The van der Waals surface area contributed by atoms with Crippen LogP contribution in [0.25, 0.3) is 0 Å². The Bertz CT molecular complexity index is 324. The standard InChI is InChI=1S/C10H14N2OS/c1-2-14(13)9-8-12(11)10-6-4-3-5-7-10/h3-9H,2,11H2,1H3. The van der Waals surface area contributed by atoms with E-state index in [1.807, 2.05) is 37.3 Å². The molecule has 0 fully saturated rings. The first-order valence-electron chi connectivity index (χ1n) is 4.38. The van der Waals surface area contributed by atoms with E-state index in [1.165, 1.54) is 5.01 Å². The van der Waals surface area contributed by atoms with Gasteiger partial charge in [0.2, 0.25) is 0 Å². The van der Waals surface area contributed by atoms with Gasteiger partial charge in [0.15, 0.2) is 0 Å². The lowest BCUT2D eigenvalue weighted by molar-refractivity contribution is 0.689. The molecule has 0 aromatic heterocycles. The molecule has 1 atom stereocenters. The predicted octanol–water partition coefficient (Wildman–Crippen LogP) is 1.61. The molecule has 3 nitrogen and oxygen atoms in total. The van der Waals surface area contributed by atoms with Gasteiger partial charge in [0.05, 0.1) is 5.69 Å². The van der Waals surface area contributed by atoms with Crippen LogP contribution in [0.3, 0.4) is 0 Å². The number of benzene rings is 1. The Balaban J connectivity index is 2.63. The van der Waals surface area contributed by atoms with Gasteiger partial charge in [-0.15, -0.1) is 0 Å². The summed E-state index contributed by atoms with van der Waals surface area (Å²) in [4.78, 5) is 0. The van der Waals surface area contributed by atoms with Crippen molar-refractivity contribution in [3.63, 3.8) is 0 Å². The SMILES string of the molecule is CCS(=O)C=CN(N)c1ccccc1. The van der Waals surface area contributed by atoms with Crippen LogP contribution in [0.5, 0.6) is 0 Å². The molecule has 14 heavy (non-hydrogen) atoms. The highest BCUT2D eigenvalue weighted by Gasteiger charge is 1.95. The van der Waals surface area contributed by atoms with Gasteiger partial charge >= 0.3 is 0 Å². The lowest BCUT2D eigenvalue weighted by atomic mass is 10.3. The first-order valence-corrected chi connectivity index (χ1v) is 5.76. The number of para-hydroxylation sites is 1. The van der Waals surface area contributed by atoms with Gasteiger partial charge in [0.1, 0.15) is 0 Å². The summed E-state index contributed by atoms with van der Waals surface area (Å²) in [7, 11) is -0.924. The van der Waals surface area contributed by atoms with E-state index in [0.29, 0.717) is 5.75 Å². The molecular weight excluding hydrogens is 196 g/mol. The molecule has 0 amide bonds. The summed E-state index contributed by atoms with van der Waals surface area (Å²) >= 11 is 0. The van der Waals surface area contributed by atoms with Crippen molar-refractivity contribution >= 4 is 16.5 Å². The zero-order valence-electron chi connectivity index (χ0n) is 8.09. The molecule has 76 valence electrons. The molecule has 0 saturated heterocycles. The fourth-order valence-corrected chi connectivity index (χ4v) is 1.38. The van der Waals surface area contributed by atoms with Crippen LogP contribution in [0.2, 0.25) is 0 Å². The van der Waals surface area contributed by atoms with Gasteiger partial charge in [-0.05, 0) is 12.1 Å². The summed E-state index contributed by atoms with van der Waals surface area (Å²) in [6.07, 6.45) is 1.62. The normalized spacial score (nSPS) is 13.0. The molecule has 2 N–H and O–H groups in total. The van der Waals surface area contributed by atoms with Crippen molar-refractivity contribution in [1.82, 2.24) is 0 Å². The Kier molecular flexibility index (Phi) is 4.35. The van der Waals surface area contributed by atoms with E-state index in [1.54, 1.807) is 11.6 Å². The van der Waals surface area contributed by atoms with Crippen LogP contribution in [0.4, 0.5) is 5.69 Å². The van der Waals surface area contributed by atoms with Crippen LogP contribution in [0, 0.1) is 0 Å². The summed E-state index contributed by atoms with van der Waals surface area (Å²) in [5, 5.41) is 3.04. The van der Waals surface area contributed by atoms with Crippen molar-refractivity contribution in [2.75, 3.05) is 10.8 Å². The number of hydrazine groups is 1. The Hall–Kier alpha value is -1.13. The third-order valence-corrected chi connectivity index (χ3v) is 2.71. The average molecular weight is 210 g/mol. The smallest absolute Gasteiger partial charge is 0.0568 e. The number of anilines is 1. The maximum Gasteiger partial charge on any atom is 0.0568 e. The largest absolute Gasteiger partial charge is 0.286 e. The first-order chi connectivity index (χ1) is 6.74. The molecule has 0 saturated carbocycles. The quantitative estimate of drug-likeness (QED) is 0.606. The van der Waals surface area contributed by atoms with Crippen molar-refractivity contribution in [3.05, 3.63) is 41.9 Å². The molecule has 0 radical (unpaired) electrons. The van der Waals surface area contributed by atoms with E-state index < -0.39 is 10.8 Å². The molecular formula is C10H14N2OS. The molecule has 4 heteroatoms. The molecule has 1 aromatic rings. The molecule has 0 aliphatic rings. The van der Waals surface area contributed by atoms with Crippen LogP contribution in [0.15, 0.2) is 41.9 Å². The monoisotopic (exact) mass is 210 g/mol. The zero-order chi connectivity index (χ0) is 10.4. The Morgan fingerprint density at radius 3 is 2.64 bits per heavy atom. The van der Waals surface area contributed by atoms with E-state index in [-0.39, 0.29) is 0 Å². The molecule has 0 spiro atoms. The van der Waals surface area contributed by atoms with Crippen LogP contribution in [-0.2, 0) is 10.8 Å². The Labute approximate surface area is 86.6 Å². The van der Waals surface area contributed by atoms with Crippen LogP contribution >= 0.6 is 0 Å². The Morgan fingerprint density at radius 2 is 2.07 bits per heavy atom. The van der Waals surface area contributed by atoms with Crippen molar-refractivity contribution in [3.8, 4) is 0 Å². The van der Waals surface area contributed by atoms with Crippen molar-refractivity contribution in [1.29, 1.82) is 0 Å². The minimum Gasteiger partial charge on any atom is -0.286 e. The van der Waals surface area contributed by atoms with E-state index in [2.05, 4.69) is 0 Å².